The van der Waals surface area contributed by atoms with E-state index in [2.05, 4.69) is 60.7 Å². The fraction of sp³-hybridized carbons (Fsp3) is 0.200. The number of rotatable bonds is 3. The molecule has 0 fully saturated rings. The van der Waals surface area contributed by atoms with Gasteiger partial charge in [-0.1, -0.05) is 66.3 Å². The smallest absolute Gasteiger partial charge is 0.0160 e. The SMILES string of the molecule is C1=CCC=C(CCc2ccccc2)C=C1. The highest BCUT2D eigenvalue weighted by Gasteiger charge is 1.96. The van der Waals surface area contributed by atoms with E-state index in [1.54, 1.807) is 0 Å². The van der Waals surface area contributed by atoms with Gasteiger partial charge in [-0.05, 0) is 24.8 Å². The fourth-order valence-electron chi connectivity index (χ4n) is 1.74. The second-order valence-corrected chi connectivity index (χ2v) is 3.79. The molecule has 0 saturated heterocycles. The number of hydrogen-bond acceptors (Lipinski definition) is 0. The largest absolute Gasteiger partial charge is 0.0807 e. The van der Waals surface area contributed by atoms with Crippen LogP contribution in [0.3, 0.4) is 0 Å². The molecule has 0 spiro atoms. The number of allylic oxidation sites excluding steroid dienone is 6. The molecule has 15 heavy (non-hydrogen) atoms. The van der Waals surface area contributed by atoms with E-state index in [1.807, 2.05) is 0 Å². The van der Waals surface area contributed by atoms with Gasteiger partial charge in [0.2, 0.25) is 0 Å². The molecule has 1 aliphatic carbocycles. The summed E-state index contributed by atoms with van der Waals surface area (Å²) in [6, 6.07) is 10.7. The van der Waals surface area contributed by atoms with Gasteiger partial charge in [-0.25, -0.2) is 0 Å². The Morgan fingerprint density at radius 2 is 1.80 bits per heavy atom. The highest BCUT2D eigenvalue weighted by atomic mass is 14.0. The van der Waals surface area contributed by atoms with Crippen LogP contribution >= 0.6 is 0 Å². The molecule has 0 unspecified atom stereocenters. The predicted octanol–water partition coefficient (Wildman–Crippen LogP) is 4.06. The van der Waals surface area contributed by atoms with Gasteiger partial charge in [0.25, 0.3) is 0 Å². The second kappa shape index (κ2) is 5.35. The van der Waals surface area contributed by atoms with Crippen molar-refractivity contribution in [1.29, 1.82) is 0 Å². The van der Waals surface area contributed by atoms with Crippen LogP contribution in [0.5, 0.6) is 0 Å². The summed E-state index contributed by atoms with van der Waals surface area (Å²) >= 11 is 0. The van der Waals surface area contributed by atoms with E-state index in [0.29, 0.717) is 0 Å². The minimum atomic E-state index is 1.07. The van der Waals surface area contributed by atoms with Crippen molar-refractivity contribution in [2.75, 3.05) is 0 Å². The van der Waals surface area contributed by atoms with Crippen LogP contribution in [0, 0.1) is 0 Å². The Morgan fingerprint density at radius 1 is 0.933 bits per heavy atom. The molecule has 76 valence electrons. The molecule has 0 radical (unpaired) electrons. The van der Waals surface area contributed by atoms with E-state index in [9.17, 15) is 0 Å². The summed E-state index contributed by atoms with van der Waals surface area (Å²) in [5.41, 5.74) is 2.87. The van der Waals surface area contributed by atoms with Crippen LogP contribution < -0.4 is 0 Å². The average molecular weight is 196 g/mol. The lowest BCUT2D eigenvalue weighted by Gasteiger charge is -2.02. The quantitative estimate of drug-likeness (QED) is 0.683. The van der Waals surface area contributed by atoms with E-state index in [-0.39, 0.29) is 0 Å². The predicted molar refractivity (Wildman–Crippen MR) is 65.7 cm³/mol. The van der Waals surface area contributed by atoms with E-state index in [0.717, 1.165) is 19.3 Å². The van der Waals surface area contributed by atoms with Crippen molar-refractivity contribution in [3.05, 3.63) is 71.8 Å². The van der Waals surface area contributed by atoms with Gasteiger partial charge in [-0.15, -0.1) is 0 Å². The normalized spacial score (nSPS) is 14.8. The van der Waals surface area contributed by atoms with Gasteiger partial charge < -0.3 is 0 Å². The molecular weight excluding hydrogens is 180 g/mol. The molecule has 0 saturated carbocycles. The molecule has 0 bridgehead atoms. The monoisotopic (exact) mass is 196 g/mol. The molecule has 0 nitrogen and oxygen atoms in total. The van der Waals surface area contributed by atoms with Crippen molar-refractivity contribution in [1.82, 2.24) is 0 Å². The van der Waals surface area contributed by atoms with Crippen molar-refractivity contribution in [2.45, 2.75) is 19.3 Å². The minimum Gasteiger partial charge on any atom is -0.0807 e. The highest BCUT2D eigenvalue weighted by Crippen LogP contribution is 2.13. The van der Waals surface area contributed by atoms with Crippen LogP contribution in [0.15, 0.2) is 66.3 Å². The summed E-state index contributed by atoms with van der Waals surface area (Å²) in [5, 5.41) is 0. The highest BCUT2D eigenvalue weighted by molar-refractivity contribution is 5.27. The summed E-state index contributed by atoms with van der Waals surface area (Å²) in [7, 11) is 0. The van der Waals surface area contributed by atoms with Gasteiger partial charge in [0, 0.05) is 0 Å². The molecule has 0 heteroatoms. The Labute approximate surface area is 91.6 Å². The standard InChI is InChI=1S/C15H16/c1-2-5-9-14(8-4-1)12-13-15-10-6-3-7-11-15/h1-4,6-11H,5,12-13H2. The van der Waals surface area contributed by atoms with E-state index in [4.69, 9.17) is 0 Å². The van der Waals surface area contributed by atoms with E-state index in [1.165, 1.54) is 11.1 Å². The number of hydrogen-bond donors (Lipinski definition) is 0. The average Bonchev–Trinajstić information content (AvgIpc) is 2.56. The van der Waals surface area contributed by atoms with Gasteiger partial charge in [0.05, 0.1) is 0 Å². The molecule has 1 aromatic rings. The Balaban J connectivity index is 1.91. The Hall–Kier alpha value is -1.56. The zero-order valence-electron chi connectivity index (χ0n) is 8.89. The van der Waals surface area contributed by atoms with Crippen molar-refractivity contribution >= 4 is 0 Å². The summed E-state index contributed by atoms with van der Waals surface area (Å²) in [4.78, 5) is 0. The summed E-state index contributed by atoms with van der Waals surface area (Å²) < 4.78 is 0. The third kappa shape index (κ3) is 3.25. The first-order chi connectivity index (χ1) is 7.45. The van der Waals surface area contributed by atoms with E-state index < -0.39 is 0 Å². The van der Waals surface area contributed by atoms with Crippen LogP contribution in [-0.4, -0.2) is 0 Å². The molecular formula is C15H16. The molecule has 0 heterocycles. The molecule has 2 rings (SSSR count). The lowest BCUT2D eigenvalue weighted by molar-refractivity contribution is 0.960. The maximum atomic E-state index is 2.31. The molecule has 1 aliphatic rings. The first kappa shape index (κ1) is 9.97. The molecule has 0 aromatic heterocycles. The van der Waals surface area contributed by atoms with Crippen LogP contribution in [0.1, 0.15) is 18.4 Å². The second-order valence-electron chi connectivity index (χ2n) is 3.79. The third-order valence-electron chi connectivity index (χ3n) is 2.62. The maximum Gasteiger partial charge on any atom is -0.0160 e. The van der Waals surface area contributed by atoms with Crippen LogP contribution in [-0.2, 0) is 6.42 Å². The maximum absolute atomic E-state index is 2.31. The van der Waals surface area contributed by atoms with Crippen LogP contribution in [0.4, 0.5) is 0 Å². The fourth-order valence-corrected chi connectivity index (χ4v) is 1.74. The lowest BCUT2D eigenvalue weighted by Crippen LogP contribution is -1.86. The summed E-state index contributed by atoms with van der Waals surface area (Å²) in [5.74, 6) is 0. The van der Waals surface area contributed by atoms with Gasteiger partial charge in [-0.3, -0.25) is 0 Å². The van der Waals surface area contributed by atoms with Gasteiger partial charge in [0.1, 0.15) is 0 Å². The Morgan fingerprint density at radius 3 is 2.67 bits per heavy atom. The van der Waals surface area contributed by atoms with Crippen molar-refractivity contribution in [3.8, 4) is 0 Å². The molecule has 1 aromatic carbocycles. The number of aryl methyl sites for hydroxylation is 1. The zero-order valence-corrected chi connectivity index (χ0v) is 8.89. The summed E-state index contributed by atoms with van der Waals surface area (Å²) in [6.07, 6.45) is 14.3. The van der Waals surface area contributed by atoms with Gasteiger partial charge >= 0.3 is 0 Å². The lowest BCUT2D eigenvalue weighted by atomic mass is 10.0. The number of benzene rings is 1. The minimum absolute atomic E-state index is 1.07. The first-order valence-electron chi connectivity index (χ1n) is 5.51. The molecule has 0 amide bonds. The molecule has 0 atom stereocenters. The first-order valence-corrected chi connectivity index (χ1v) is 5.51. The van der Waals surface area contributed by atoms with E-state index >= 15 is 0 Å². The Kier molecular flexibility index (Phi) is 3.56. The summed E-state index contributed by atoms with van der Waals surface area (Å²) in [6.45, 7) is 0. The van der Waals surface area contributed by atoms with Crippen molar-refractivity contribution in [2.24, 2.45) is 0 Å². The zero-order chi connectivity index (χ0) is 10.3. The Bertz CT molecular complexity index is 380. The van der Waals surface area contributed by atoms with Gasteiger partial charge in [0.15, 0.2) is 0 Å². The topological polar surface area (TPSA) is 0 Å². The molecule has 0 aliphatic heterocycles. The van der Waals surface area contributed by atoms with Crippen molar-refractivity contribution < 1.29 is 0 Å². The van der Waals surface area contributed by atoms with Crippen molar-refractivity contribution in [3.63, 3.8) is 0 Å². The van der Waals surface area contributed by atoms with Gasteiger partial charge in [-0.2, -0.15) is 0 Å². The van der Waals surface area contributed by atoms with Crippen LogP contribution in [0.2, 0.25) is 0 Å². The third-order valence-corrected chi connectivity index (χ3v) is 2.62. The van der Waals surface area contributed by atoms with Crippen LogP contribution in [0.25, 0.3) is 0 Å². The molecule has 0 N–H and O–H groups in total.